The lowest BCUT2D eigenvalue weighted by Gasteiger charge is -2.06. The van der Waals surface area contributed by atoms with Crippen molar-refractivity contribution in [3.63, 3.8) is 0 Å². The summed E-state index contributed by atoms with van der Waals surface area (Å²) < 4.78 is 13.5. The van der Waals surface area contributed by atoms with Crippen LogP contribution in [0.2, 0.25) is 0 Å². The highest BCUT2D eigenvalue weighted by molar-refractivity contribution is 5.47. The Morgan fingerprint density at radius 2 is 1.33 bits per heavy atom. The molecule has 0 radical (unpaired) electrons. The van der Waals surface area contributed by atoms with Gasteiger partial charge < -0.3 is 0 Å². The average Bonchev–Trinajstić information content (AvgIpc) is 2.37. The smallest absolute Gasteiger partial charge is 0.150 e. The molecule has 0 atom stereocenters. The monoisotopic (exact) mass is 160 g/mol. The van der Waals surface area contributed by atoms with Gasteiger partial charge in [0.1, 0.15) is 0 Å². The van der Waals surface area contributed by atoms with Gasteiger partial charge >= 0.3 is 0 Å². The average molecular weight is 160 g/mol. The zero-order valence-corrected chi connectivity index (χ0v) is 6.57. The normalized spacial score (nSPS) is 21.4. The third-order valence-corrected chi connectivity index (χ3v) is 1.96. The molecule has 0 spiro atoms. The largest absolute Gasteiger partial charge is 0.237 e. The Morgan fingerprint density at radius 1 is 0.833 bits per heavy atom. The number of fused-ring (bicyclic) bond motifs is 2. The van der Waals surface area contributed by atoms with Gasteiger partial charge in [0.15, 0.2) is 6.17 Å². The van der Waals surface area contributed by atoms with Gasteiger partial charge in [-0.3, -0.25) is 0 Å². The molecular weight excluding hydrogens is 151 g/mol. The fraction of sp³-hybridized carbons (Fsp3) is 0.0909. The molecule has 0 heterocycles. The predicted octanol–water partition coefficient (Wildman–Crippen LogP) is 2.87. The van der Waals surface area contributed by atoms with Crippen LogP contribution >= 0.6 is 0 Å². The molecule has 2 rings (SSSR count). The summed E-state index contributed by atoms with van der Waals surface area (Å²) in [7, 11) is 0. The summed E-state index contributed by atoms with van der Waals surface area (Å²) in [5.41, 5.74) is 1.44. The summed E-state index contributed by atoms with van der Waals surface area (Å²) in [6.07, 6.45) is 13.7. The van der Waals surface area contributed by atoms with E-state index in [-0.39, 0.29) is 0 Å². The van der Waals surface area contributed by atoms with Gasteiger partial charge in [0.05, 0.1) is 0 Å². The van der Waals surface area contributed by atoms with Gasteiger partial charge in [-0.15, -0.1) is 0 Å². The minimum Gasteiger partial charge on any atom is -0.237 e. The number of alkyl halides is 1. The number of hydrogen-bond donors (Lipinski definition) is 0. The fourth-order valence-corrected chi connectivity index (χ4v) is 1.31. The molecule has 2 aliphatic rings. The standard InChI is InChI=1S/C11H9F/c12-11-9-5-1-2-6-10(11)8-4-3-7-9/h1-8,11H. The fourth-order valence-electron chi connectivity index (χ4n) is 1.31. The van der Waals surface area contributed by atoms with E-state index in [1.54, 1.807) is 24.3 Å². The van der Waals surface area contributed by atoms with Crippen LogP contribution in [0.3, 0.4) is 0 Å². The quantitative estimate of drug-likeness (QED) is 0.511. The molecule has 60 valence electrons. The Kier molecular flexibility index (Phi) is 1.78. The molecule has 0 nitrogen and oxygen atoms in total. The van der Waals surface area contributed by atoms with Crippen molar-refractivity contribution < 1.29 is 4.39 Å². The second-order valence-corrected chi connectivity index (χ2v) is 2.80. The summed E-state index contributed by atoms with van der Waals surface area (Å²) in [6.45, 7) is 0. The Hall–Kier alpha value is -1.37. The summed E-state index contributed by atoms with van der Waals surface area (Å²) in [4.78, 5) is 0. The second kappa shape index (κ2) is 2.94. The maximum Gasteiger partial charge on any atom is 0.150 e. The number of halogens is 1. The van der Waals surface area contributed by atoms with E-state index in [1.165, 1.54) is 0 Å². The van der Waals surface area contributed by atoms with Crippen molar-refractivity contribution in [2.45, 2.75) is 6.17 Å². The van der Waals surface area contributed by atoms with Crippen LogP contribution in [0.5, 0.6) is 0 Å². The lowest BCUT2D eigenvalue weighted by atomic mass is 10.1. The van der Waals surface area contributed by atoms with Gasteiger partial charge in [-0.05, 0) is 11.1 Å². The molecule has 0 saturated carbocycles. The summed E-state index contributed by atoms with van der Waals surface area (Å²) in [5, 5.41) is 0. The number of rotatable bonds is 0. The van der Waals surface area contributed by atoms with Crippen molar-refractivity contribution >= 4 is 0 Å². The van der Waals surface area contributed by atoms with Gasteiger partial charge in [-0.1, -0.05) is 48.6 Å². The van der Waals surface area contributed by atoms with Crippen molar-refractivity contribution in [2.24, 2.45) is 0 Å². The molecule has 0 aromatic rings. The molecule has 2 bridgehead atoms. The number of allylic oxidation sites excluding steroid dienone is 10. The molecular formula is C11H9F. The molecule has 0 aliphatic heterocycles. The van der Waals surface area contributed by atoms with Crippen LogP contribution in [-0.4, -0.2) is 6.17 Å². The molecule has 12 heavy (non-hydrogen) atoms. The number of hydrogen-bond acceptors (Lipinski definition) is 0. The zero-order chi connectivity index (χ0) is 8.39. The van der Waals surface area contributed by atoms with Crippen molar-refractivity contribution in [3.8, 4) is 0 Å². The first-order valence-corrected chi connectivity index (χ1v) is 3.95. The molecule has 0 N–H and O–H groups in total. The van der Waals surface area contributed by atoms with E-state index >= 15 is 0 Å². The molecule has 0 saturated heterocycles. The molecule has 0 aromatic carbocycles. The van der Waals surface area contributed by atoms with Gasteiger partial charge in [-0.2, -0.15) is 0 Å². The van der Waals surface area contributed by atoms with Crippen molar-refractivity contribution in [3.05, 3.63) is 59.8 Å². The molecule has 0 amide bonds. The van der Waals surface area contributed by atoms with E-state index in [4.69, 9.17) is 0 Å². The van der Waals surface area contributed by atoms with E-state index in [9.17, 15) is 4.39 Å². The minimum atomic E-state index is -0.963. The van der Waals surface area contributed by atoms with Gasteiger partial charge in [-0.25, -0.2) is 4.39 Å². The maximum atomic E-state index is 13.5. The highest BCUT2D eigenvalue weighted by atomic mass is 19.1. The zero-order valence-electron chi connectivity index (χ0n) is 6.57. The lowest BCUT2D eigenvalue weighted by molar-refractivity contribution is 0.444. The van der Waals surface area contributed by atoms with E-state index in [2.05, 4.69) is 0 Å². The summed E-state index contributed by atoms with van der Waals surface area (Å²) >= 11 is 0. The highest BCUT2D eigenvalue weighted by Crippen LogP contribution is 2.23. The van der Waals surface area contributed by atoms with Gasteiger partial charge in [0.25, 0.3) is 0 Å². The Bertz CT molecular complexity index is 295. The van der Waals surface area contributed by atoms with Gasteiger partial charge in [0.2, 0.25) is 0 Å². The Balaban J connectivity index is 2.53. The van der Waals surface area contributed by atoms with Crippen LogP contribution in [0.15, 0.2) is 59.8 Å². The first kappa shape index (κ1) is 7.29. The van der Waals surface area contributed by atoms with E-state index < -0.39 is 6.17 Å². The third kappa shape index (κ3) is 1.18. The van der Waals surface area contributed by atoms with Gasteiger partial charge in [0, 0.05) is 0 Å². The maximum absolute atomic E-state index is 13.5. The SMILES string of the molecule is FC1C2=CC=CC=C1C=CC=C2. The Morgan fingerprint density at radius 3 is 1.83 bits per heavy atom. The topological polar surface area (TPSA) is 0 Å². The summed E-state index contributed by atoms with van der Waals surface area (Å²) in [5.74, 6) is 0. The molecule has 2 aliphatic carbocycles. The highest BCUT2D eigenvalue weighted by Gasteiger charge is 2.15. The van der Waals surface area contributed by atoms with E-state index in [0.29, 0.717) is 0 Å². The van der Waals surface area contributed by atoms with Crippen molar-refractivity contribution in [2.75, 3.05) is 0 Å². The minimum absolute atomic E-state index is 0.722. The third-order valence-electron chi connectivity index (χ3n) is 1.96. The Labute approximate surface area is 71.1 Å². The molecule has 0 unspecified atom stereocenters. The van der Waals surface area contributed by atoms with Crippen LogP contribution in [-0.2, 0) is 0 Å². The summed E-state index contributed by atoms with van der Waals surface area (Å²) in [6, 6.07) is 0. The molecule has 0 fully saturated rings. The van der Waals surface area contributed by atoms with Crippen LogP contribution in [0.25, 0.3) is 0 Å². The van der Waals surface area contributed by atoms with Crippen molar-refractivity contribution in [1.29, 1.82) is 0 Å². The molecule has 1 heteroatoms. The second-order valence-electron chi connectivity index (χ2n) is 2.80. The first-order chi connectivity index (χ1) is 5.88. The van der Waals surface area contributed by atoms with Crippen LogP contribution < -0.4 is 0 Å². The first-order valence-electron chi connectivity index (χ1n) is 3.95. The molecule has 0 aromatic heterocycles. The lowest BCUT2D eigenvalue weighted by Crippen LogP contribution is -2.03. The van der Waals surface area contributed by atoms with E-state index in [0.717, 1.165) is 11.1 Å². The predicted molar refractivity (Wildman–Crippen MR) is 48.5 cm³/mol. The van der Waals surface area contributed by atoms with E-state index in [1.807, 2.05) is 24.3 Å². The van der Waals surface area contributed by atoms with Crippen LogP contribution in [0.4, 0.5) is 4.39 Å². The van der Waals surface area contributed by atoms with Crippen LogP contribution in [0.1, 0.15) is 0 Å². The van der Waals surface area contributed by atoms with Crippen LogP contribution in [0, 0.1) is 0 Å². The van der Waals surface area contributed by atoms with Crippen molar-refractivity contribution in [1.82, 2.24) is 0 Å².